The SMILES string of the molecule is NCCCN(Cc1ccccc1)c1ncccc1Cl. The molecule has 2 N–H and O–H groups in total. The van der Waals surface area contributed by atoms with Gasteiger partial charge in [-0.2, -0.15) is 0 Å². The number of rotatable bonds is 6. The molecule has 0 amide bonds. The van der Waals surface area contributed by atoms with Gasteiger partial charge in [0.2, 0.25) is 0 Å². The molecule has 19 heavy (non-hydrogen) atoms. The number of nitrogens with zero attached hydrogens (tertiary/aromatic N) is 2. The second kappa shape index (κ2) is 7.12. The van der Waals surface area contributed by atoms with E-state index in [0.717, 1.165) is 25.3 Å². The quantitative estimate of drug-likeness (QED) is 0.881. The van der Waals surface area contributed by atoms with E-state index < -0.39 is 0 Å². The molecule has 0 saturated carbocycles. The van der Waals surface area contributed by atoms with Gasteiger partial charge >= 0.3 is 0 Å². The Morgan fingerprint density at radius 3 is 2.58 bits per heavy atom. The van der Waals surface area contributed by atoms with Crippen molar-refractivity contribution in [2.75, 3.05) is 18.0 Å². The molecule has 0 atom stereocenters. The lowest BCUT2D eigenvalue weighted by molar-refractivity contribution is 0.726. The molecule has 2 aromatic rings. The zero-order chi connectivity index (χ0) is 13.5. The van der Waals surface area contributed by atoms with E-state index >= 15 is 0 Å². The Hall–Kier alpha value is -1.58. The summed E-state index contributed by atoms with van der Waals surface area (Å²) in [6, 6.07) is 14.0. The molecule has 0 aliphatic carbocycles. The van der Waals surface area contributed by atoms with Crippen LogP contribution >= 0.6 is 11.6 Å². The summed E-state index contributed by atoms with van der Waals surface area (Å²) in [5, 5.41) is 0.676. The monoisotopic (exact) mass is 275 g/mol. The summed E-state index contributed by atoms with van der Waals surface area (Å²) in [5.74, 6) is 0.821. The Labute approximate surface area is 119 Å². The molecule has 4 heteroatoms. The second-order valence-corrected chi connectivity index (χ2v) is 4.77. The summed E-state index contributed by atoms with van der Waals surface area (Å²) in [5.41, 5.74) is 6.84. The maximum absolute atomic E-state index is 6.23. The van der Waals surface area contributed by atoms with Crippen molar-refractivity contribution in [2.45, 2.75) is 13.0 Å². The molecule has 1 heterocycles. The standard InChI is InChI=1S/C15H18ClN3/c16-14-8-4-10-18-15(14)19(11-5-9-17)12-13-6-2-1-3-7-13/h1-4,6-8,10H,5,9,11-12,17H2. The molecule has 0 spiro atoms. The van der Waals surface area contributed by atoms with Gasteiger partial charge in [0, 0.05) is 19.3 Å². The Morgan fingerprint density at radius 1 is 1.11 bits per heavy atom. The van der Waals surface area contributed by atoms with Gasteiger partial charge in [-0.1, -0.05) is 41.9 Å². The summed E-state index contributed by atoms with van der Waals surface area (Å²) in [6.07, 6.45) is 2.68. The third kappa shape index (κ3) is 3.94. The summed E-state index contributed by atoms with van der Waals surface area (Å²) >= 11 is 6.23. The van der Waals surface area contributed by atoms with Gasteiger partial charge in [-0.25, -0.2) is 4.98 Å². The zero-order valence-electron chi connectivity index (χ0n) is 10.8. The van der Waals surface area contributed by atoms with Gasteiger partial charge in [0.25, 0.3) is 0 Å². The summed E-state index contributed by atoms with van der Waals surface area (Å²) in [4.78, 5) is 6.55. The maximum atomic E-state index is 6.23. The van der Waals surface area contributed by atoms with E-state index in [9.17, 15) is 0 Å². The Kier molecular flexibility index (Phi) is 5.19. The van der Waals surface area contributed by atoms with Crippen LogP contribution in [0.2, 0.25) is 5.02 Å². The lowest BCUT2D eigenvalue weighted by atomic mass is 10.2. The van der Waals surface area contributed by atoms with Crippen LogP contribution in [0.4, 0.5) is 5.82 Å². The molecule has 1 aromatic heterocycles. The van der Waals surface area contributed by atoms with Crippen LogP contribution in [0.1, 0.15) is 12.0 Å². The van der Waals surface area contributed by atoms with Crippen LogP contribution in [-0.4, -0.2) is 18.1 Å². The third-order valence-corrected chi connectivity index (χ3v) is 3.18. The minimum Gasteiger partial charge on any atom is -0.351 e. The number of hydrogen-bond acceptors (Lipinski definition) is 3. The Bertz CT molecular complexity index is 502. The van der Waals surface area contributed by atoms with E-state index in [1.807, 2.05) is 30.3 Å². The van der Waals surface area contributed by atoms with Crippen LogP contribution in [0, 0.1) is 0 Å². The largest absolute Gasteiger partial charge is 0.351 e. The van der Waals surface area contributed by atoms with Crippen LogP contribution in [0.3, 0.4) is 0 Å². The number of benzene rings is 1. The van der Waals surface area contributed by atoms with Crippen LogP contribution in [0.15, 0.2) is 48.7 Å². The number of aromatic nitrogens is 1. The van der Waals surface area contributed by atoms with Crippen LogP contribution in [0.25, 0.3) is 0 Å². The smallest absolute Gasteiger partial charge is 0.147 e. The third-order valence-electron chi connectivity index (χ3n) is 2.89. The molecule has 0 bridgehead atoms. The molecule has 0 aliphatic rings. The average Bonchev–Trinajstić information content (AvgIpc) is 2.45. The van der Waals surface area contributed by atoms with Crippen LogP contribution in [0.5, 0.6) is 0 Å². The molecule has 100 valence electrons. The highest BCUT2D eigenvalue weighted by Gasteiger charge is 2.11. The van der Waals surface area contributed by atoms with Crippen molar-refractivity contribution in [3.63, 3.8) is 0 Å². The summed E-state index contributed by atoms with van der Waals surface area (Å²) < 4.78 is 0. The van der Waals surface area contributed by atoms with Crippen molar-refractivity contribution in [3.8, 4) is 0 Å². The fraction of sp³-hybridized carbons (Fsp3) is 0.267. The van der Waals surface area contributed by atoms with E-state index in [1.54, 1.807) is 6.20 Å². The number of nitrogens with two attached hydrogens (primary N) is 1. The Morgan fingerprint density at radius 2 is 1.89 bits per heavy atom. The fourth-order valence-corrected chi connectivity index (χ4v) is 2.20. The van der Waals surface area contributed by atoms with Crippen molar-refractivity contribution in [3.05, 3.63) is 59.2 Å². The van der Waals surface area contributed by atoms with Crippen molar-refractivity contribution in [1.29, 1.82) is 0 Å². The predicted molar refractivity (Wildman–Crippen MR) is 80.4 cm³/mol. The fourth-order valence-electron chi connectivity index (χ4n) is 1.96. The van der Waals surface area contributed by atoms with Crippen LogP contribution in [-0.2, 0) is 6.54 Å². The number of anilines is 1. The van der Waals surface area contributed by atoms with Gasteiger partial charge in [0.05, 0.1) is 5.02 Å². The van der Waals surface area contributed by atoms with E-state index in [-0.39, 0.29) is 0 Å². The van der Waals surface area contributed by atoms with Crippen LogP contribution < -0.4 is 10.6 Å². The topological polar surface area (TPSA) is 42.1 Å². The maximum Gasteiger partial charge on any atom is 0.147 e. The van der Waals surface area contributed by atoms with Gasteiger partial charge in [-0.3, -0.25) is 0 Å². The van der Waals surface area contributed by atoms with E-state index in [0.29, 0.717) is 11.6 Å². The highest BCUT2D eigenvalue weighted by atomic mass is 35.5. The van der Waals surface area contributed by atoms with Crippen molar-refractivity contribution < 1.29 is 0 Å². The normalized spacial score (nSPS) is 10.4. The highest BCUT2D eigenvalue weighted by molar-refractivity contribution is 6.32. The zero-order valence-corrected chi connectivity index (χ0v) is 11.6. The molecule has 2 rings (SSSR count). The molecular weight excluding hydrogens is 258 g/mol. The Balaban J connectivity index is 2.19. The van der Waals surface area contributed by atoms with Gasteiger partial charge < -0.3 is 10.6 Å². The summed E-state index contributed by atoms with van der Waals surface area (Å²) in [7, 11) is 0. The van der Waals surface area contributed by atoms with E-state index in [2.05, 4.69) is 22.0 Å². The first-order valence-electron chi connectivity index (χ1n) is 6.40. The minimum absolute atomic E-state index is 0.662. The van der Waals surface area contributed by atoms with Gasteiger partial charge in [-0.15, -0.1) is 0 Å². The predicted octanol–water partition coefficient (Wildman–Crippen LogP) is 3.09. The summed E-state index contributed by atoms with van der Waals surface area (Å²) in [6.45, 7) is 2.30. The van der Waals surface area contributed by atoms with E-state index in [1.165, 1.54) is 5.56 Å². The number of halogens is 1. The molecule has 0 unspecified atom stereocenters. The molecule has 1 aromatic carbocycles. The van der Waals surface area contributed by atoms with Crippen molar-refractivity contribution in [2.24, 2.45) is 5.73 Å². The first-order valence-corrected chi connectivity index (χ1v) is 6.78. The molecule has 0 radical (unpaired) electrons. The minimum atomic E-state index is 0.662. The van der Waals surface area contributed by atoms with Crippen molar-refractivity contribution >= 4 is 17.4 Å². The molecule has 0 saturated heterocycles. The van der Waals surface area contributed by atoms with Gasteiger partial charge in [-0.05, 0) is 30.7 Å². The molecule has 0 fully saturated rings. The number of pyridine rings is 1. The average molecular weight is 276 g/mol. The molecular formula is C15H18ClN3. The van der Waals surface area contributed by atoms with Crippen molar-refractivity contribution in [1.82, 2.24) is 4.98 Å². The molecule has 0 aliphatic heterocycles. The number of hydrogen-bond donors (Lipinski definition) is 1. The van der Waals surface area contributed by atoms with Gasteiger partial charge in [0.1, 0.15) is 5.82 Å². The second-order valence-electron chi connectivity index (χ2n) is 4.36. The van der Waals surface area contributed by atoms with Gasteiger partial charge in [0.15, 0.2) is 0 Å². The lowest BCUT2D eigenvalue weighted by Crippen LogP contribution is -2.26. The highest BCUT2D eigenvalue weighted by Crippen LogP contribution is 2.24. The first kappa shape index (κ1) is 13.8. The first-order chi connectivity index (χ1) is 9.31. The lowest BCUT2D eigenvalue weighted by Gasteiger charge is -2.24. The molecule has 3 nitrogen and oxygen atoms in total. The van der Waals surface area contributed by atoms with E-state index in [4.69, 9.17) is 17.3 Å².